The van der Waals surface area contributed by atoms with Crippen LogP contribution in [0, 0.1) is 0 Å². The molecule has 1 aliphatic rings. The van der Waals surface area contributed by atoms with E-state index < -0.39 is 0 Å². The Morgan fingerprint density at radius 3 is 2.60 bits per heavy atom. The summed E-state index contributed by atoms with van der Waals surface area (Å²) in [6.07, 6.45) is 12.3. The molecule has 0 N–H and O–H groups in total. The van der Waals surface area contributed by atoms with Crippen LogP contribution in [0.4, 0.5) is 0 Å². The van der Waals surface area contributed by atoms with Crippen LogP contribution in [0.25, 0.3) is 0 Å². The summed E-state index contributed by atoms with van der Waals surface area (Å²) in [5.74, 6) is 0. The molecular weight excluding hydrogens is 120 g/mol. The SMILES string of the molecule is C/C1=C\CCCCCCC1. The van der Waals surface area contributed by atoms with Crippen LogP contribution in [-0.2, 0) is 0 Å². The summed E-state index contributed by atoms with van der Waals surface area (Å²) in [5.41, 5.74) is 1.61. The second-order valence-electron chi connectivity index (χ2n) is 3.36. The van der Waals surface area contributed by atoms with E-state index in [0.717, 1.165) is 0 Å². The van der Waals surface area contributed by atoms with E-state index in [1.165, 1.54) is 44.9 Å². The van der Waals surface area contributed by atoms with Crippen molar-refractivity contribution < 1.29 is 0 Å². The van der Waals surface area contributed by atoms with E-state index in [0.29, 0.717) is 0 Å². The highest BCUT2D eigenvalue weighted by atomic mass is 14.0. The largest absolute Gasteiger partial charge is 0.0856 e. The first kappa shape index (κ1) is 7.84. The van der Waals surface area contributed by atoms with Crippen molar-refractivity contribution in [1.29, 1.82) is 0 Å². The third kappa shape index (κ3) is 3.05. The van der Waals surface area contributed by atoms with Crippen LogP contribution in [0.5, 0.6) is 0 Å². The molecule has 1 rings (SSSR count). The minimum atomic E-state index is 1.33. The van der Waals surface area contributed by atoms with Gasteiger partial charge in [0.25, 0.3) is 0 Å². The molecule has 0 spiro atoms. The molecule has 1 aliphatic carbocycles. The molecule has 0 saturated carbocycles. The molecule has 0 aromatic rings. The molecule has 0 bridgehead atoms. The second-order valence-corrected chi connectivity index (χ2v) is 3.36. The quantitative estimate of drug-likeness (QED) is 0.448. The first-order valence-corrected chi connectivity index (χ1v) is 4.55. The summed E-state index contributed by atoms with van der Waals surface area (Å²) < 4.78 is 0. The molecule has 0 unspecified atom stereocenters. The van der Waals surface area contributed by atoms with Gasteiger partial charge in [-0.05, 0) is 32.6 Å². The van der Waals surface area contributed by atoms with Gasteiger partial charge in [-0.15, -0.1) is 0 Å². The van der Waals surface area contributed by atoms with Gasteiger partial charge in [-0.2, -0.15) is 0 Å². The van der Waals surface area contributed by atoms with Gasteiger partial charge in [-0.25, -0.2) is 0 Å². The molecule has 10 heavy (non-hydrogen) atoms. The molecule has 58 valence electrons. The lowest BCUT2D eigenvalue weighted by Crippen LogP contribution is -1.76. The third-order valence-electron chi connectivity index (χ3n) is 2.27. The Kier molecular flexibility index (Phi) is 3.56. The molecule has 0 amide bonds. The summed E-state index contributed by atoms with van der Waals surface area (Å²) >= 11 is 0. The fraction of sp³-hybridized carbons (Fsp3) is 0.800. The van der Waals surface area contributed by atoms with E-state index in [4.69, 9.17) is 0 Å². The van der Waals surface area contributed by atoms with Gasteiger partial charge in [-0.1, -0.05) is 30.9 Å². The van der Waals surface area contributed by atoms with E-state index in [9.17, 15) is 0 Å². The van der Waals surface area contributed by atoms with E-state index in [2.05, 4.69) is 13.0 Å². The molecule has 0 heteroatoms. The zero-order valence-electron chi connectivity index (χ0n) is 7.03. The fourth-order valence-corrected chi connectivity index (χ4v) is 1.53. The summed E-state index contributed by atoms with van der Waals surface area (Å²) in [5, 5.41) is 0. The highest BCUT2D eigenvalue weighted by Crippen LogP contribution is 2.15. The lowest BCUT2D eigenvalue weighted by Gasteiger charge is -1.96. The van der Waals surface area contributed by atoms with Crippen molar-refractivity contribution in [2.45, 2.75) is 51.9 Å². The predicted octanol–water partition coefficient (Wildman–Crippen LogP) is 3.68. The Morgan fingerprint density at radius 2 is 1.70 bits per heavy atom. The fourth-order valence-electron chi connectivity index (χ4n) is 1.53. The van der Waals surface area contributed by atoms with Crippen LogP contribution in [0.3, 0.4) is 0 Å². The van der Waals surface area contributed by atoms with E-state index in [1.54, 1.807) is 5.57 Å². The van der Waals surface area contributed by atoms with Gasteiger partial charge in [0, 0.05) is 0 Å². The maximum Gasteiger partial charge on any atom is -0.0323 e. The third-order valence-corrected chi connectivity index (χ3v) is 2.27. The van der Waals surface area contributed by atoms with Gasteiger partial charge in [0.15, 0.2) is 0 Å². The molecule has 0 saturated heterocycles. The molecule has 0 fully saturated rings. The van der Waals surface area contributed by atoms with Gasteiger partial charge >= 0.3 is 0 Å². The monoisotopic (exact) mass is 138 g/mol. The molecule has 0 aromatic carbocycles. The van der Waals surface area contributed by atoms with E-state index >= 15 is 0 Å². The Balaban J connectivity index is 2.29. The summed E-state index contributed by atoms with van der Waals surface area (Å²) in [6, 6.07) is 0. The molecule has 0 aromatic heterocycles. The van der Waals surface area contributed by atoms with Crippen LogP contribution >= 0.6 is 0 Å². The molecule has 0 heterocycles. The standard InChI is InChI=1S/C10H18/c1-10-8-6-4-2-3-5-7-9-10/h8H,2-7,9H2,1H3/b10-8+. The Hall–Kier alpha value is -0.260. The maximum absolute atomic E-state index is 2.42. The highest BCUT2D eigenvalue weighted by molar-refractivity contribution is 4.97. The van der Waals surface area contributed by atoms with E-state index in [1.807, 2.05) is 0 Å². The summed E-state index contributed by atoms with van der Waals surface area (Å²) in [7, 11) is 0. The smallest absolute Gasteiger partial charge is 0.0323 e. The highest BCUT2D eigenvalue weighted by Gasteiger charge is 1.95. The van der Waals surface area contributed by atoms with Crippen molar-refractivity contribution in [1.82, 2.24) is 0 Å². The van der Waals surface area contributed by atoms with E-state index in [-0.39, 0.29) is 0 Å². The van der Waals surface area contributed by atoms with Gasteiger partial charge in [-0.3, -0.25) is 0 Å². The van der Waals surface area contributed by atoms with Crippen LogP contribution in [0.15, 0.2) is 11.6 Å². The summed E-state index contributed by atoms with van der Waals surface area (Å²) in [4.78, 5) is 0. The van der Waals surface area contributed by atoms with Gasteiger partial charge in [0.1, 0.15) is 0 Å². The zero-order valence-corrected chi connectivity index (χ0v) is 7.03. The minimum absolute atomic E-state index is 1.33. The number of hydrogen-bond acceptors (Lipinski definition) is 0. The lowest BCUT2D eigenvalue weighted by molar-refractivity contribution is 0.629. The lowest BCUT2D eigenvalue weighted by atomic mass is 10.1. The van der Waals surface area contributed by atoms with Crippen molar-refractivity contribution >= 4 is 0 Å². The average Bonchev–Trinajstić information content (AvgIpc) is 2.02. The topological polar surface area (TPSA) is 0 Å². The number of hydrogen-bond donors (Lipinski definition) is 0. The van der Waals surface area contributed by atoms with Crippen molar-refractivity contribution in [2.24, 2.45) is 0 Å². The molecular formula is C10H18. The summed E-state index contributed by atoms with van der Waals surface area (Å²) in [6.45, 7) is 2.27. The van der Waals surface area contributed by atoms with Crippen molar-refractivity contribution in [2.75, 3.05) is 0 Å². The van der Waals surface area contributed by atoms with Crippen LogP contribution in [0.2, 0.25) is 0 Å². The normalized spacial score (nSPS) is 27.5. The first-order chi connectivity index (χ1) is 4.89. The van der Waals surface area contributed by atoms with Crippen molar-refractivity contribution in [3.8, 4) is 0 Å². The van der Waals surface area contributed by atoms with Gasteiger partial charge in [0.2, 0.25) is 0 Å². The average molecular weight is 138 g/mol. The Labute approximate surface area is 64.3 Å². The zero-order chi connectivity index (χ0) is 7.23. The Morgan fingerprint density at radius 1 is 1.00 bits per heavy atom. The van der Waals surface area contributed by atoms with Crippen LogP contribution in [0.1, 0.15) is 51.9 Å². The number of allylic oxidation sites excluding steroid dienone is 2. The second kappa shape index (κ2) is 4.54. The minimum Gasteiger partial charge on any atom is -0.0856 e. The maximum atomic E-state index is 2.42. The van der Waals surface area contributed by atoms with Crippen molar-refractivity contribution in [3.05, 3.63) is 11.6 Å². The molecule has 0 atom stereocenters. The molecule has 0 radical (unpaired) electrons. The van der Waals surface area contributed by atoms with Gasteiger partial charge < -0.3 is 0 Å². The van der Waals surface area contributed by atoms with Crippen LogP contribution in [-0.4, -0.2) is 0 Å². The molecule has 0 aliphatic heterocycles. The first-order valence-electron chi connectivity index (χ1n) is 4.55. The van der Waals surface area contributed by atoms with Crippen molar-refractivity contribution in [3.63, 3.8) is 0 Å². The molecule has 0 nitrogen and oxygen atoms in total. The van der Waals surface area contributed by atoms with Gasteiger partial charge in [0.05, 0.1) is 0 Å². The predicted molar refractivity (Wildman–Crippen MR) is 46.1 cm³/mol. The number of rotatable bonds is 0. The van der Waals surface area contributed by atoms with Crippen LogP contribution < -0.4 is 0 Å². The Bertz CT molecular complexity index is 111.